The minimum atomic E-state index is -0.242. The number of nitriles is 2. The lowest BCUT2D eigenvalue weighted by Crippen LogP contribution is -2.10. The Hall–Kier alpha value is -3.98. The molecule has 0 saturated carbocycles. The minimum Gasteiger partial charge on any atom is -0.378 e. The van der Waals surface area contributed by atoms with E-state index in [9.17, 15) is 10.1 Å². The van der Waals surface area contributed by atoms with Crippen LogP contribution in [0.3, 0.4) is 0 Å². The first kappa shape index (κ1) is 19.3. The summed E-state index contributed by atoms with van der Waals surface area (Å²) in [5.74, 6) is -0.137. The SMILES string of the molecule is C=CCn1c(N=Nc2ccc(N(C)C)cc2NC(C)=O)nc(C#N)c1C#N. The predicted octanol–water partition coefficient (Wildman–Crippen LogP) is 3.25. The molecule has 9 heteroatoms. The van der Waals surface area contributed by atoms with Crippen molar-refractivity contribution in [2.24, 2.45) is 10.2 Å². The average molecular weight is 362 g/mol. The first-order valence-corrected chi connectivity index (χ1v) is 7.93. The number of allylic oxidation sites excluding steroid dienone is 1. The second-order valence-electron chi connectivity index (χ2n) is 5.71. The number of hydrogen-bond acceptors (Lipinski definition) is 7. The highest BCUT2D eigenvalue weighted by molar-refractivity contribution is 5.92. The lowest BCUT2D eigenvalue weighted by Gasteiger charge is -2.15. The highest BCUT2D eigenvalue weighted by atomic mass is 16.1. The van der Waals surface area contributed by atoms with Gasteiger partial charge in [0.15, 0.2) is 11.4 Å². The molecule has 0 aliphatic carbocycles. The molecule has 1 aromatic heterocycles. The van der Waals surface area contributed by atoms with E-state index in [1.807, 2.05) is 37.2 Å². The van der Waals surface area contributed by atoms with Gasteiger partial charge >= 0.3 is 0 Å². The van der Waals surface area contributed by atoms with Gasteiger partial charge in [0.25, 0.3) is 5.95 Å². The van der Waals surface area contributed by atoms with Crippen LogP contribution in [0, 0.1) is 22.7 Å². The van der Waals surface area contributed by atoms with Crippen molar-refractivity contribution in [1.82, 2.24) is 9.55 Å². The highest BCUT2D eigenvalue weighted by Crippen LogP contribution is 2.31. The Morgan fingerprint density at radius 2 is 2.11 bits per heavy atom. The van der Waals surface area contributed by atoms with Gasteiger partial charge in [-0.15, -0.1) is 16.8 Å². The highest BCUT2D eigenvalue weighted by Gasteiger charge is 2.16. The molecule has 0 radical (unpaired) electrons. The Morgan fingerprint density at radius 3 is 2.67 bits per heavy atom. The Kier molecular flexibility index (Phi) is 6.02. The summed E-state index contributed by atoms with van der Waals surface area (Å²) in [6.07, 6.45) is 1.57. The fourth-order valence-electron chi connectivity index (χ4n) is 2.29. The predicted molar refractivity (Wildman–Crippen MR) is 101 cm³/mol. The third-order valence-corrected chi connectivity index (χ3v) is 3.53. The number of anilines is 2. The third kappa shape index (κ3) is 4.35. The summed E-state index contributed by atoms with van der Waals surface area (Å²) in [4.78, 5) is 17.4. The Balaban J connectivity index is 2.50. The number of amides is 1. The molecule has 0 saturated heterocycles. The summed E-state index contributed by atoms with van der Waals surface area (Å²) < 4.78 is 1.45. The number of nitrogens with one attached hydrogen (secondary N) is 1. The van der Waals surface area contributed by atoms with Crippen LogP contribution in [0.1, 0.15) is 18.3 Å². The van der Waals surface area contributed by atoms with E-state index < -0.39 is 0 Å². The zero-order chi connectivity index (χ0) is 20.0. The van der Waals surface area contributed by atoms with Crippen molar-refractivity contribution in [2.75, 3.05) is 24.3 Å². The van der Waals surface area contributed by atoms with Crippen molar-refractivity contribution in [3.63, 3.8) is 0 Å². The van der Waals surface area contributed by atoms with Crippen molar-refractivity contribution in [3.05, 3.63) is 42.2 Å². The molecule has 27 heavy (non-hydrogen) atoms. The third-order valence-electron chi connectivity index (χ3n) is 3.53. The standard InChI is InChI=1S/C18H18N8O/c1-5-8-26-17(11-20)16(10-19)22-18(26)24-23-14-7-6-13(25(3)4)9-15(14)21-12(2)27/h5-7,9H,1,8H2,2-4H3,(H,21,27). The molecule has 1 heterocycles. The van der Waals surface area contributed by atoms with Gasteiger partial charge in [-0.25, -0.2) is 0 Å². The van der Waals surface area contributed by atoms with Crippen LogP contribution in [0.25, 0.3) is 0 Å². The molecule has 1 aromatic carbocycles. The first-order chi connectivity index (χ1) is 12.9. The van der Waals surface area contributed by atoms with Gasteiger partial charge in [-0.1, -0.05) is 6.08 Å². The van der Waals surface area contributed by atoms with Crippen LogP contribution in [0.4, 0.5) is 23.0 Å². The monoisotopic (exact) mass is 362 g/mol. The van der Waals surface area contributed by atoms with Crippen LogP contribution in [0.2, 0.25) is 0 Å². The molecule has 0 spiro atoms. The smallest absolute Gasteiger partial charge is 0.252 e. The van der Waals surface area contributed by atoms with Crippen LogP contribution in [0.15, 0.2) is 41.1 Å². The summed E-state index contributed by atoms with van der Waals surface area (Å²) in [5.41, 5.74) is 1.85. The lowest BCUT2D eigenvalue weighted by molar-refractivity contribution is -0.114. The van der Waals surface area contributed by atoms with Crippen molar-refractivity contribution >= 4 is 28.9 Å². The van der Waals surface area contributed by atoms with Crippen LogP contribution in [0.5, 0.6) is 0 Å². The van der Waals surface area contributed by atoms with Crippen molar-refractivity contribution in [3.8, 4) is 12.1 Å². The molecule has 0 bridgehead atoms. The van der Waals surface area contributed by atoms with Gasteiger partial charge in [0.05, 0.1) is 5.69 Å². The molecule has 0 aliphatic rings. The fourth-order valence-corrected chi connectivity index (χ4v) is 2.29. The maximum atomic E-state index is 11.5. The fraction of sp³-hybridized carbons (Fsp3) is 0.222. The molecule has 0 aliphatic heterocycles. The molecule has 0 atom stereocenters. The number of azo groups is 1. The number of rotatable bonds is 6. The van der Waals surface area contributed by atoms with Gasteiger partial charge in [0.2, 0.25) is 5.91 Å². The number of carbonyl (C=O) groups is 1. The van der Waals surface area contributed by atoms with Gasteiger partial charge in [-0.05, 0) is 18.2 Å². The molecule has 1 amide bonds. The van der Waals surface area contributed by atoms with Gasteiger partial charge < -0.3 is 10.2 Å². The van der Waals surface area contributed by atoms with Gasteiger partial charge in [0.1, 0.15) is 17.8 Å². The van der Waals surface area contributed by atoms with Crippen molar-refractivity contribution in [2.45, 2.75) is 13.5 Å². The van der Waals surface area contributed by atoms with Gasteiger partial charge in [-0.3, -0.25) is 9.36 Å². The number of carbonyl (C=O) groups excluding carboxylic acids is 1. The Bertz CT molecular complexity index is 988. The number of aromatic nitrogens is 2. The summed E-state index contributed by atoms with van der Waals surface area (Å²) >= 11 is 0. The van der Waals surface area contributed by atoms with Gasteiger partial charge in [-0.2, -0.15) is 15.5 Å². The van der Waals surface area contributed by atoms with E-state index in [2.05, 4.69) is 27.1 Å². The van der Waals surface area contributed by atoms with E-state index in [0.717, 1.165) is 5.69 Å². The molecule has 9 nitrogen and oxygen atoms in total. The maximum absolute atomic E-state index is 11.5. The van der Waals surface area contributed by atoms with Crippen LogP contribution in [-0.4, -0.2) is 29.6 Å². The van der Waals surface area contributed by atoms with Crippen LogP contribution in [-0.2, 0) is 11.3 Å². The summed E-state index contributed by atoms with van der Waals surface area (Å²) in [6.45, 7) is 5.29. The molecule has 0 unspecified atom stereocenters. The Labute approximate surface area is 156 Å². The quantitative estimate of drug-likeness (QED) is 0.624. The van der Waals surface area contributed by atoms with E-state index >= 15 is 0 Å². The first-order valence-electron chi connectivity index (χ1n) is 7.93. The lowest BCUT2D eigenvalue weighted by atomic mass is 10.2. The largest absolute Gasteiger partial charge is 0.378 e. The summed E-state index contributed by atoms with van der Waals surface area (Å²) in [5, 5.41) is 29.3. The molecule has 136 valence electrons. The van der Waals surface area contributed by atoms with E-state index in [4.69, 9.17) is 5.26 Å². The number of benzene rings is 1. The molecule has 1 N–H and O–H groups in total. The van der Waals surface area contributed by atoms with Crippen LogP contribution < -0.4 is 10.2 Å². The number of nitrogens with zero attached hydrogens (tertiary/aromatic N) is 7. The minimum absolute atomic E-state index is 0.0293. The van der Waals surface area contributed by atoms with Gasteiger partial charge in [0, 0.05) is 33.3 Å². The summed E-state index contributed by atoms with van der Waals surface area (Å²) in [7, 11) is 3.76. The normalized spacial score (nSPS) is 10.3. The van der Waals surface area contributed by atoms with Crippen LogP contribution >= 0.6 is 0 Å². The molecular formula is C18H18N8O. The van der Waals surface area contributed by atoms with Crippen molar-refractivity contribution < 1.29 is 4.79 Å². The number of hydrogen-bond donors (Lipinski definition) is 1. The second kappa shape index (κ2) is 8.41. The Morgan fingerprint density at radius 1 is 1.37 bits per heavy atom. The molecule has 0 fully saturated rings. The van der Waals surface area contributed by atoms with E-state index in [1.54, 1.807) is 18.2 Å². The number of imidazole rings is 1. The maximum Gasteiger partial charge on any atom is 0.252 e. The zero-order valence-electron chi connectivity index (χ0n) is 15.3. The molecule has 2 aromatic rings. The van der Waals surface area contributed by atoms with Crippen molar-refractivity contribution in [1.29, 1.82) is 10.5 Å². The van der Waals surface area contributed by atoms with E-state index in [-0.39, 0.29) is 29.8 Å². The summed E-state index contributed by atoms with van der Waals surface area (Å²) in [6, 6.07) is 9.12. The average Bonchev–Trinajstić information content (AvgIpc) is 2.97. The second-order valence-corrected chi connectivity index (χ2v) is 5.71. The van der Waals surface area contributed by atoms with E-state index in [0.29, 0.717) is 11.4 Å². The molecule has 2 rings (SSSR count). The molecular weight excluding hydrogens is 344 g/mol. The zero-order valence-corrected chi connectivity index (χ0v) is 15.3. The van der Waals surface area contributed by atoms with E-state index in [1.165, 1.54) is 11.5 Å². The topological polar surface area (TPSA) is 122 Å².